The smallest absolute Gasteiger partial charge is 0.178 e. The molecule has 0 spiro atoms. The first-order valence-electron chi connectivity index (χ1n) is 7.94. The fourth-order valence-corrected chi connectivity index (χ4v) is 3.97. The van der Waals surface area contributed by atoms with Gasteiger partial charge in [-0.25, -0.2) is 0 Å². The van der Waals surface area contributed by atoms with Crippen LogP contribution in [0.15, 0.2) is 18.2 Å². The van der Waals surface area contributed by atoms with Gasteiger partial charge in [0.15, 0.2) is 4.77 Å². The van der Waals surface area contributed by atoms with Gasteiger partial charge < -0.3 is 14.3 Å². The molecule has 0 saturated carbocycles. The Labute approximate surface area is 131 Å². The van der Waals surface area contributed by atoms with E-state index in [0.717, 1.165) is 37.1 Å². The molecule has 21 heavy (non-hydrogen) atoms. The molecule has 0 bridgehead atoms. The predicted octanol–water partition coefficient (Wildman–Crippen LogP) is 4.92. The van der Waals surface area contributed by atoms with E-state index in [-0.39, 0.29) is 5.60 Å². The van der Waals surface area contributed by atoms with Crippen molar-refractivity contribution in [2.24, 2.45) is 0 Å². The van der Waals surface area contributed by atoms with E-state index < -0.39 is 0 Å². The lowest BCUT2D eigenvalue weighted by Gasteiger charge is -2.40. The fourth-order valence-electron chi connectivity index (χ4n) is 3.62. The van der Waals surface area contributed by atoms with Crippen LogP contribution in [0.1, 0.15) is 51.1 Å². The molecule has 1 saturated heterocycles. The second-order valence-electron chi connectivity index (χ2n) is 6.15. The van der Waals surface area contributed by atoms with Gasteiger partial charge in [0.1, 0.15) is 0 Å². The third kappa shape index (κ3) is 2.44. The number of hydrogen-bond acceptors (Lipinski definition) is 2. The molecule has 0 amide bonds. The number of benzene rings is 1. The van der Waals surface area contributed by atoms with Crippen molar-refractivity contribution in [3.05, 3.63) is 28.5 Å². The molecular formula is C17H24N2OS. The summed E-state index contributed by atoms with van der Waals surface area (Å²) in [6, 6.07) is 6.85. The summed E-state index contributed by atoms with van der Waals surface area (Å²) >= 11 is 5.61. The summed E-state index contributed by atoms with van der Waals surface area (Å²) in [5.74, 6) is 0. The Bertz CT molecular complexity index is 696. The Morgan fingerprint density at radius 2 is 2.14 bits per heavy atom. The van der Waals surface area contributed by atoms with E-state index in [4.69, 9.17) is 17.0 Å². The van der Waals surface area contributed by atoms with Crippen molar-refractivity contribution in [3.63, 3.8) is 0 Å². The summed E-state index contributed by atoms with van der Waals surface area (Å²) < 4.78 is 9.27. The zero-order chi connectivity index (χ0) is 15.0. The first-order valence-corrected chi connectivity index (χ1v) is 8.35. The number of fused-ring (bicyclic) bond motifs is 1. The molecule has 114 valence electrons. The molecule has 2 aromatic rings. The van der Waals surface area contributed by atoms with Crippen LogP contribution >= 0.6 is 12.2 Å². The van der Waals surface area contributed by atoms with Gasteiger partial charge >= 0.3 is 0 Å². The summed E-state index contributed by atoms with van der Waals surface area (Å²) in [5, 5.41) is 0. The van der Waals surface area contributed by atoms with Gasteiger partial charge in [-0.3, -0.25) is 0 Å². The summed E-state index contributed by atoms with van der Waals surface area (Å²) in [6.45, 7) is 7.41. The highest BCUT2D eigenvalue weighted by Crippen LogP contribution is 2.38. The van der Waals surface area contributed by atoms with E-state index in [0.29, 0.717) is 6.04 Å². The Kier molecular flexibility index (Phi) is 3.93. The second kappa shape index (κ2) is 5.58. The normalized spacial score (nSPS) is 21.8. The van der Waals surface area contributed by atoms with Gasteiger partial charge in [-0.1, -0.05) is 26.0 Å². The first kappa shape index (κ1) is 14.8. The summed E-state index contributed by atoms with van der Waals surface area (Å²) in [5.41, 5.74) is 3.67. The second-order valence-corrected chi connectivity index (χ2v) is 6.54. The first-order chi connectivity index (χ1) is 10.1. The minimum atomic E-state index is 0.0190. The van der Waals surface area contributed by atoms with E-state index in [1.807, 2.05) is 0 Å². The van der Waals surface area contributed by atoms with Gasteiger partial charge in [0.25, 0.3) is 0 Å². The zero-order valence-corrected chi connectivity index (χ0v) is 13.9. The molecule has 1 aromatic heterocycles. The Morgan fingerprint density at radius 1 is 1.38 bits per heavy atom. The van der Waals surface area contributed by atoms with E-state index in [9.17, 15) is 0 Å². The Hall–Kier alpha value is -1.13. The van der Waals surface area contributed by atoms with Crippen molar-refractivity contribution in [2.75, 3.05) is 6.61 Å². The molecule has 0 radical (unpaired) electrons. The van der Waals surface area contributed by atoms with Crippen LogP contribution in [0.3, 0.4) is 0 Å². The lowest BCUT2D eigenvalue weighted by molar-refractivity contribution is -0.0983. The molecular weight excluding hydrogens is 280 g/mol. The lowest BCUT2D eigenvalue weighted by Crippen LogP contribution is -2.39. The number of nitrogens with one attached hydrogen (secondary N) is 1. The number of aromatic amines is 1. The highest BCUT2D eigenvalue weighted by atomic mass is 32.1. The Balaban J connectivity index is 2.06. The van der Waals surface area contributed by atoms with Crippen molar-refractivity contribution < 1.29 is 4.74 Å². The van der Waals surface area contributed by atoms with Crippen LogP contribution in [0.4, 0.5) is 0 Å². The summed E-state index contributed by atoms with van der Waals surface area (Å²) in [7, 11) is 0. The average molecular weight is 304 g/mol. The van der Waals surface area contributed by atoms with Gasteiger partial charge in [0.05, 0.1) is 16.6 Å². The van der Waals surface area contributed by atoms with E-state index in [1.54, 1.807) is 0 Å². The lowest BCUT2D eigenvalue weighted by atomic mass is 9.86. The van der Waals surface area contributed by atoms with E-state index in [1.165, 1.54) is 16.6 Å². The maximum atomic E-state index is 6.11. The fraction of sp³-hybridized carbons (Fsp3) is 0.588. The SMILES string of the molecule is CCC1(CC)CC(n2c(=S)[nH]c3c(C)cccc32)CCO1. The average Bonchev–Trinajstić information content (AvgIpc) is 2.85. The quantitative estimate of drug-likeness (QED) is 0.816. The molecule has 1 N–H and O–H groups in total. The van der Waals surface area contributed by atoms with Crippen molar-refractivity contribution in [1.82, 2.24) is 9.55 Å². The maximum absolute atomic E-state index is 6.11. The zero-order valence-electron chi connectivity index (χ0n) is 13.1. The third-order valence-corrected chi connectivity index (χ3v) is 5.38. The largest absolute Gasteiger partial charge is 0.375 e. The van der Waals surface area contributed by atoms with Crippen molar-refractivity contribution in [2.45, 2.75) is 58.1 Å². The predicted molar refractivity (Wildman–Crippen MR) is 89.4 cm³/mol. The number of rotatable bonds is 3. The van der Waals surface area contributed by atoms with Gasteiger partial charge in [-0.05, 0) is 56.5 Å². The van der Waals surface area contributed by atoms with Crippen LogP contribution in [-0.2, 0) is 4.74 Å². The molecule has 1 aliphatic rings. The van der Waals surface area contributed by atoms with Crippen molar-refractivity contribution in [1.29, 1.82) is 0 Å². The standard InChI is InChI=1S/C17H24N2OS/c1-4-17(5-2)11-13(9-10-20-17)19-14-8-6-7-12(3)15(14)18-16(19)21/h6-8,13H,4-5,9-11H2,1-3H3,(H,18,21). The third-order valence-electron chi connectivity index (χ3n) is 5.08. The van der Waals surface area contributed by atoms with Gasteiger partial charge in [-0.15, -0.1) is 0 Å². The monoisotopic (exact) mass is 304 g/mol. The van der Waals surface area contributed by atoms with Crippen LogP contribution in [0.2, 0.25) is 0 Å². The van der Waals surface area contributed by atoms with Crippen LogP contribution in [-0.4, -0.2) is 21.8 Å². The van der Waals surface area contributed by atoms with Crippen LogP contribution in [0.25, 0.3) is 11.0 Å². The number of aromatic nitrogens is 2. The van der Waals surface area contributed by atoms with Crippen LogP contribution in [0, 0.1) is 11.7 Å². The molecule has 3 nitrogen and oxygen atoms in total. The van der Waals surface area contributed by atoms with Gasteiger partial charge in [0, 0.05) is 12.6 Å². The maximum Gasteiger partial charge on any atom is 0.178 e. The molecule has 1 unspecified atom stereocenters. The molecule has 4 heteroatoms. The topological polar surface area (TPSA) is 29.9 Å². The summed E-state index contributed by atoms with van der Waals surface area (Å²) in [4.78, 5) is 3.39. The highest BCUT2D eigenvalue weighted by Gasteiger charge is 2.35. The van der Waals surface area contributed by atoms with E-state index >= 15 is 0 Å². The molecule has 3 rings (SSSR count). The number of imidazole rings is 1. The highest BCUT2D eigenvalue weighted by molar-refractivity contribution is 7.71. The molecule has 0 aliphatic carbocycles. The minimum Gasteiger partial charge on any atom is -0.375 e. The number of H-pyrrole nitrogens is 1. The number of hydrogen-bond donors (Lipinski definition) is 1. The van der Waals surface area contributed by atoms with Gasteiger partial charge in [-0.2, -0.15) is 0 Å². The molecule has 1 atom stereocenters. The van der Waals surface area contributed by atoms with Crippen LogP contribution in [0.5, 0.6) is 0 Å². The minimum absolute atomic E-state index is 0.0190. The molecule has 1 aliphatic heterocycles. The number of aryl methyl sites for hydroxylation is 1. The number of ether oxygens (including phenoxy) is 1. The van der Waals surface area contributed by atoms with Crippen molar-refractivity contribution >= 4 is 23.3 Å². The number of nitrogens with zero attached hydrogens (tertiary/aromatic N) is 1. The molecule has 1 fully saturated rings. The molecule has 2 heterocycles. The Morgan fingerprint density at radius 3 is 2.86 bits per heavy atom. The van der Waals surface area contributed by atoms with Crippen LogP contribution < -0.4 is 0 Å². The summed E-state index contributed by atoms with van der Waals surface area (Å²) in [6.07, 6.45) is 4.22. The van der Waals surface area contributed by atoms with E-state index in [2.05, 4.69) is 48.5 Å². The van der Waals surface area contributed by atoms with Gasteiger partial charge in [0.2, 0.25) is 0 Å². The molecule has 1 aromatic carbocycles. The van der Waals surface area contributed by atoms with Crippen molar-refractivity contribution in [3.8, 4) is 0 Å². The number of para-hydroxylation sites is 1.